The van der Waals surface area contributed by atoms with E-state index in [9.17, 15) is 0 Å². The van der Waals surface area contributed by atoms with Gasteiger partial charge in [0.1, 0.15) is 22.4 Å². The second kappa shape index (κ2) is 4.93. The highest BCUT2D eigenvalue weighted by Crippen LogP contribution is 2.46. The number of anilines is 2. The first kappa shape index (κ1) is 14.6. The number of rotatable bonds is 2. The Balaban J connectivity index is 2.16. The molecule has 1 aromatic rings. The third-order valence-corrected chi connectivity index (χ3v) is 4.49. The van der Waals surface area contributed by atoms with Crippen LogP contribution in [0.5, 0.6) is 0 Å². The maximum Gasteiger partial charge on any atom is 0.146 e. The number of halogens is 1. The lowest BCUT2D eigenvalue weighted by Crippen LogP contribution is -2.40. The number of nitrogens with two attached hydrogens (primary N) is 1. The molecule has 0 atom stereocenters. The van der Waals surface area contributed by atoms with Gasteiger partial charge >= 0.3 is 0 Å². The van der Waals surface area contributed by atoms with Gasteiger partial charge in [0.15, 0.2) is 0 Å². The SMILES string of the molecule is CC1(C)CC(Nc2ncnc(N)c2Br)CC(C)(C)C1. The number of nitrogen functional groups attached to an aromatic ring is 1. The van der Waals surface area contributed by atoms with E-state index < -0.39 is 0 Å². The first-order valence-electron chi connectivity index (χ1n) is 6.71. The smallest absolute Gasteiger partial charge is 0.146 e. The molecule has 0 radical (unpaired) electrons. The van der Waals surface area contributed by atoms with Crippen LogP contribution in [0.1, 0.15) is 47.0 Å². The highest BCUT2D eigenvalue weighted by molar-refractivity contribution is 9.10. The summed E-state index contributed by atoms with van der Waals surface area (Å²) in [5.41, 5.74) is 6.50. The van der Waals surface area contributed by atoms with E-state index in [2.05, 4.69) is 58.9 Å². The minimum atomic E-state index is 0.352. The Morgan fingerprint density at radius 1 is 1.21 bits per heavy atom. The summed E-state index contributed by atoms with van der Waals surface area (Å²) in [4.78, 5) is 8.25. The zero-order valence-corrected chi connectivity index (χ0v) is 13.7. The van der Waals surface area contributed by atoms with Gasteiger partial charge in [-0.3, -0.25) is 0 Å². The third kappa shape index (κ3) is 3.59. The molecule has 2 rings (SSSR count). The van der Waals surface area contributed by atoms with Crippen molar-refractivity contribution in [2.45, 2.75) is 53.0 Å². The summed E-state index contributed by atoms with van der Waals surface area (Å²) < 4.78 is 0.760. The molecular formula is C14H23BrN4. The Hall–Kier alpha value is -0.840. The van der Waals surface area contributed by atoms with Crippen molar-refractivity contribution in [3.8, 4) is 0 Å². The molecule has 1 aliphatic carbocycles. The van der Waals surface area contributed by atoms with E-state index in [1.54, 1.807) is 0 Å². The predicted molar refractivity (Wildman–Crippen MR) is 83.0 cm³/mol. The number of hydrogen-bond acceptors (Lipinski definition) is 4. The molecule has 0 bridgehead atoms. The van der Waals surface area contributed by atoms with Crippen LogP contribution in [0.3, 0.4) is 0 Å². The molecule has 0 aliphatic heterocycles. The number of hydrogen-bond donors (Lipinski definition) is 2. The lowest BCUT2D eigenvalue weighted by molar-refractivity contribution is 0.105. The van der Waals surface area contributed by atoms with Gasteiger partial charge in [0.05, 0.1) is 0 Å². The van der Waals surface area contributed by atoms with Crippen LogP contribution in [0.4, 0.5) is 11.6 Å². The van der Waals surface area contributed by atoms with Crippen LogP contribution in [-0.2, 0) is 0 Å². The molecule has 0 spiro atoms. The molecule has 0 amide bonds. The quantitative estimate of drug-likeness (QED) is 0.866. The van der Waals surface area contributed by atoms with Crippen LogP contribution < -0.4 is 11.1 Å². The van der Waals surface area contributed by atoms with Gasteiger partial charge in [-0.05, 0) is 46.0 Å². The Labute approximate surface area is 123 Å². The fraction of sp³-hybridized carbons (Fsp3) is 0.714. The second-order valence-electron chi connectivity index (χ2n) is 7.18. The molecule has 19 heavy (non-hydrogen) atoms. The van der Waals surface area contributed by atoms with E-state index in [1.807, 2.05) is 0 Å². The van der Waals surface area contributed by atoms with E-state index in [-0.39, 0.29) is 0 Å². The van der Waals surface area contributed by atoms with Crippen molar-refractivity contribution in [2.75, 3.05) is 11.1 Å². The molecule has 3 N–H and O–H groups in total. The highest BCUT2D eigenvalue weighted by atomic mass is 79.9. The Morgan fingerprint density at radius 3 is 2.37 bits per heavy atom. The van der Waals surface area contributed by atoms with E-state index >= 15 is 0 Å². The molecule has 1 aromatic heterocycles. The van der Waals surface area contributed by atoms with E-state index in [1.165, 1.54) is 12.7 Å². The molecule has 1 saturated carbocycles. The summed E-state index contributed by atoms with van der Waals surface area (Å²) >= 11 is 3.45. The average molecular weight is 327 g/mol. The lowest BCUT2D eigenvalue weighted by atomic mass is 9.63. The summed E-state index contributed by atoms with van der Waals surface area (Å²) in [6.45, 7) is 9.36. The standard InChI is InChI=1S/C14H23BrN4/c1-13(2)5-9(6-14(3,4)7-13)19-12-10(15)11(16)17-8-18-12/h8-9H,5-7H2,1-4H3,(H3,16,17,18,19). The number of aromatic nitrogens is 2. The van der Waals surface area contributed by atoms with Gasteiger partial charge in [0, 0.05) is 6.04 Å². The van der Waals surface area contributed by atoms with Crippen molar-refractivity contribution in [3.63, 3.8) is 0 Å². The van der Waals surface area contributed by atoms with Crippen molar-refractivity contribution >= 4 is 27.6 Å². The van der Waals surface area contributed by atoms with E-state index in [0.29, 0.717) is 22.7 Å². The second-order valence-corrected chi connectivity index (χ2v) is 7.97. The van der Waals surface area contributed by atoms with Gasteiger partial charge in [-0.2, -0.15) is 0 Å². The van der Waals surface area contributed by atoms with Gasteiger partial charge in [-0.15, -0.1) is 0 Å². The number of nitrogens with one attached hydrogen (secondary N) is 1. The van der Waals surface area contributed by atoms with Gasteiger partial charge in [-0.25, -0.2) is 9.97 Å². The monoisotopic (exact) mass is 326 g/mol. The molecule has 0 unspecified atom stereocenters. The molecule has 4 nitrogen and oxygen atoms in total. The van der Waals surface area contributed by atoms with Gasteiger partial charge in [-0.1, -0.05) is 27.7 Å². The average Bonchev–Trinajstić information content (AvgIpc) is 2.20. The summed E-state index contributed by atoms with van der Waals surface area (Å²) in [6, 6.07) is 0.421. The van der Waals surface area contributed by atoms with Crippen LogP contribution in [0.15, 0.2) is 10.8 Å². The van der Waals surface area contributed by atoms with Crippen LogP contribution >= 0.6 is 15.9 Å². The minimum absolute atomic E-state index is 0.352. The predicted octanol–water partition coefficient (Wildman–Crippen LogP) is 3.84. The maximum atomic E-state index is 5.79. The van der Waals surface area contributed by atoms with Crippen LogP contribution in [0.2, 0.25) is 0 Å². The normalized spacial score (nSPS) is 22.2. The first-order chi connectivity index (χ1) is 8.69. The maximum absolute atomic E-state index is 5.79. The van der Waals surface area contributed by atoms with Crippen molar-refractivity contribution in [2.24, 2.45) is 10.8 Å². The summed E-state index contributed by atoms with van der Waals surface area (Å²) in [5, 5.41) is 3.52. The fourth-order valence-electron chi connectivity index (χ4n) is 3.63. The lowest BCUT2D eigenvalue weighted by Gasteiger charge is -2.45. The Morgan fingerprint density at radius 2 is 1.79 bits per heavy atom. The van der Waals surface area contributed by atoms with Crippen molar-refractivity contribution < 1.29 is 0 Å². The van der Waals surface area contributed by atoms with Crippen molar-refractivity contribution in [3.05, 3.63) is 10.8 Å². The van der Waals surface area contributed by atoms with Crippen molar-refractivity contribution in [1.82, 2.24) is 9.97 Å². The molecule has 1 aliphatic rings. The molecule has 1 heterocycles. The largest absolute Gasteiger partial charge is 0.383 e. The molecule has 5 heteroatoms. The molecule has 0 aromatic carbocycles. The summed E-state index contributed by atoms with van der Waals surface area (Å²) in [7, 11) is 0. The number of nitrogens with zero attached hydrogens (tertiary/aromatic N) is 2. The molecule has 1 fully saturated rings. The zero-order valence-electron chi connectivity index (χ0n) is 12.1. The Bertz CT molecular complexity index is 455. The third-order valence-electron chi connectivity index (χ3n) is 3.71. The van der Waals surface area contributed by atoms with E-state index in [4.69, 9.17) is 5.73 Å². The first-order valence-corrected chi connectivity index (χ1v) is 7.50. The van der Waals surface area contributed by atoms with Crippen LogP contribution in [0.25, 0.3) is 0 Å². The summed E-state index contributed by atoms with van der Waals surface area (Å²) in [6.07, 6.45) is 5.05. The molecular weight excluding hydrogens is 304 g/mol. The van der Waals surface area contributed by atoms with E-state index in [0.717, 1.165) is 23.1 Å². The fourth-order valence-corrected chi connectivity index (χ4v) is 3.94. The Kier molecular flexibility index (Phi) is 3.78. The van der Waals surface area contributed by atoms with Crippen LogP contribution in [-0.4, -0.2) is 16.0 Å². The van der Waals surface area contributed by atoms with Gasteiger partial charge in [0.25, 0.3) is 0 Å². The topological polar surface area (TPSA) is 63.8 Å². The van der Waals surface area contributed by atoms with Crippen LogP contribution in [0, 0.1) is 10.8 Å². The summed E-state index contributed by atoms with van der Waals surface area (Å²) in [5.74, 6) is 1.28. The highest BCUT2D eigenvalue weighted by Gasteiger charge is 2.38. The van der Waals surface area contributed by atoms with Gasteiger partial charge < -0.3 is 11.1 Å². The van der Waals surface area contributed by atoms with Gasteiger partial charge in [0.2, 0.25) is 0 Å². The van der Waals surface area contributed by atoms with Crippen molar-refractivity contribution in [1.29, 1.82) is 0 Å². The molecule has 106 valence electrons. The minimum Gasteiger partial charge on any atom is -0.383 e. The molecule has 0 saturated heterocycles. The zero-order chi connectivity index (χ0) is 14.3.